The first-order valence-corrected chi connectivity index (χ1v) is 10.2. The van der Waals surface area contributed by atoms with Gasteiger partial charge in [0.25, 0.3) is 0 Å². The minimum absolute atomic E-state index is 0.533. The van der Waals surface area contributed by atoms with E-state index in [1.54, 1.807) is 12.3 Å². The van der Waals surface area contributed by atoms with Gasteiger partial charge in [-0.3, -0.25) is 4.98 Å². The number of halogens is 1. The minimum atomic E-state index is 0.533. The zero-order chi connectivity index (χ0) is 21.5. The molecule has 0 unspecified atom stereocenters. The molecule has 5 heteroatoms. The predicted molar refractivity (Wildman–Crippen MR) is 125 cm³/mol. The molecule has 2 aromatic carbocycles. The maximum absolute atomic E-state index is 5.94. The monoisotopic (exact) mass is 425 g/mol. The van der Waals surface area contributed by atoms with Crippen molar-refractivity contribution in [3.8, 4) is 28.7 Å². The van der Waals surface area contributed by atoms with Crippen molar-refractivity contribution in [1.82, 2.24) is 9.97 Å². The van der Waals surface area contributed by atoms with E-state index >= 15 is 0 Å². The summed E-state index contributed by atoms with van der Waals surface area (Å²) in [5.74, 6) is 7.02. The van der Waals surface area contributed by atoms with Crippen LogP contribution in [-0.4, -0.2) is 16.6 Å². The van der Waals surface area contributed by atoms with Gasteiger partial charge in [0.1, 0.15) is 11.4 Å². The summed E-state index contributed by atoms with van der Waals surface area (Å²) in [5.41, 5.74) is 11.1. The van der Waals surface area contributed by atoms with E-state index < -0.39 is 0 Å². The van der Waals surface area contributed by atoms with Gasteiger partial charge in [0.05, 0.1) is 6.61 Å². The minimum Gasteiger partial charge on any atom is -0.493 e. The van der Waals surface area contributed by atoms with Crippen molar-refractivity contribution in [2.24, 2.45) is 0 Å². The van der Waals surface area contributed by atoms with Crippen LogP contribution in [0.25, 0.3) is 11.1 Å². The summed E-state index contributed by atoms with van der Waals surface area (Å²) in [6.45, 7) is 0.533. The number of pyridine rings is 2. The third-order valence-electron chi connectivity index (χ3n) is 4.60. The highest BCUT2D eigenvalue weighted by molar-refractivity contribution is 6.30. The summed E-state index contributed by atoms with van der Waals surface area (Å²) in [4.78, 5) is 8.71. The average Bonchev–Trinajstić information content (AvgIpc) is 2.80. The second-order valence-corrected chi connectivity index (χ2v) is 7.33. The zero-order valence-electron chi connectivity index (χ0n) is 16.8. The number of anilines is 1. The molecule has 2 heterocycles. The number of aromatic nitrogens is 2. The average molecular weight is 426 g/mol. The normalized spacial score (nSPS) is 10.2. The molecule has 0 radical (unpaired) electrons. The highest BCUT2D eigenvalue weighted by Gasteiger charge is 2.00. The van der Waals surface area contributed by atoms with Crippen molar-refractivity contribution in [3.05, 3.63) is 107 Å². The van der Waals surface area contributed by atoms with Crippen molar-refractivity contribution in [2.45, 2.75) is 6.42 Å². The lowest BCUT2D eigenvalue weighted by molar-refractivity contribution is 0.320. The first kappa shape index (κ1) is 20.5. The fraction of sp³-hybridized carbons (Fsp3) is 0.0769. The molecule has 0 amide bonds. The van der Waals surface area contributed by atoms with Crippen molar-refractivity contribution in [2.75, 3.05) is 12.3 Å². The van der Waals surface area contributed by atoms with Crippen molar-refractivity contribution in [3.63, 3.8) is 0 Å². The van der Waals surface area contributed by atoms with Gasteiger partial charge in [-0.05, 0) is 66.1 Å². The van der Waals surface area contributed by atoms with Gasteiger partial charge in [-0.15, -0.1) is 0 Å². The van der Waals surface area contributed by atoms with E-state index in [0.717, 1.165) is 28.1 Å². The van der Waals surface area contributed by atoms with Gasteiger partial charge in [-0.2, -0.15) is 0 Å². The molecule has 152 valence electrons. The number of nitrogen functional groups attached to an aromatic ring is 1. The number of hydrogen-bond acceptors (Lipinski definition) is 4. The van der Waals surface area contributed by atoms with Crippen LogP contribution in [-0.2, 0) is 6.42 Å². The van der Waals surface area contributed by atoms with Crippen LogP contribution < -0.4 is 10.5 Å². The Hall–Kier alpha value is -3.81. The largest absolute Gasteiger partial charge is 0.493 e. The summed E-state index contributed by atoms with van der Waals surface area (Å²) < 4.78 is 5.78. The van der Waals surface area contributed by atoms with Gasteiger partial charge in [-0.1, -0.05) is 35.7 Å². The fourth-order valence-electron chi connectivity index (χ4n) is 2.96. The van der Waals surface area contributed by atoms with Crippen LogP contribution in [0.15, 0.2) is 85.2 Å². The number of nitrogens with two attached hydrogens (primary N) is 1. The summed E-state index contributed by atoms with van der Waals surface area (Å²) in [7, 11) is 0. The Labute approximate surface area is 186 Å². The highest BCUT2D eigenvalue weighted by atomic mass is 35.5. The second kappa shape index (κ2) is 9.80. The number of rotatable bonds is 5. The predicted octanol–water partition coefficient (Wildman–Crippen LogP) is 5.40. The third-order valence-corrected chi connectivity index (χ3v) is 4.85. The molecule has 0 aliphatic carbocycles. The van der Waals surface area contributed by atoms with Crippen LogP contribution in [0, 0.1) is 11.8 Å². The van der Waals surface area contributed by atoms with E-state index in [1.165, 1.54) is 0 Å². The van der Waals surface area contributed by atoms with Crippen molar-refractivity contribution in [1.29, 1.82) is 0 Å². The number of nitrogens with zero attached hydrogens (tertiary/aromatic N) is 2. The van der Waals surface area contributed by atoms with E-state index in [1.807, 2.05) is 72.9 Å². The number of benzene rings is 2. The molecule has 0 aliphatic rings. The lowest BCUT2D eigenvalue weighted by Gasteiger charge is -2.06. The number of hydrogen-bond donors (Lipinski definition) is 1. The Bertz CT molecular complexity index is 1210. The Morgan fingerprint density at radius 1 is 0.839 bits per heavy atom. The SMILES string of the molecule is Nc1ccnc(CCOc2ccc(C#Cc3ccc(-c4ccc(Cl)cc4)cn3)cc2)c1. The van der Waals surface area contributed by atoms with Gasteiger partial charge in [0, 0.05) is 46.3 Å². The van der Waals surface area contributed by atoms with E-state index in [9.17, 15) is 0 Å². The Morgan fingerprint density at radius 2 is 1.61 bits per heavy atom. The van der Waals surface area contributed by atoms with Gasteiger partial charge < -0.3 is 10.5 Å². The Kier molecular flexibility index (Phi) is 6.47. The molecule has 0 saturated carbocycles. The fourth-order valence-corrected chi connectivity index (χ4v) is 3.08. The molecule has 4 nitrogen and oxygen atoms in total. The maximum atomic E-state index is 5.94. The van der Waals surface area contributed by atoms with Gasteiger partial charge in [-0.25, -0.2) is 4.98 Å². The summed E-state index contributed by atoms with van der Waals surface area (Å²) >= 11 is 5.94. The molecular formula is C26H20ClN3O. The first-order chi connectivity index (χ1) is 15.2. The molecular weight excluding hydrogens is 406 g/mol. The molecule has 0 bridgehead atoms. The summed E-state index contributed by atoms with van der Waals surface area (Å²) in [6, 6.07) is 22.9. The lowest BCUT2D eigenvalue weighted by Crippen LogP contribution is -2.03. The smallest absolute Gasteiger partial charge is 0.119 e. The van der Waals surface area contributed by atoms with Gasteiger partial charge in [0.2, 0.25) is 0 Å². The topological polar surface area (TPSA) is 61.0 Å². The summed E-state index contributed by atoms with van der Waals surface area (Å²) in [5, 5.41) is 0.717. The van der Waals surface area contributed by atoms with E-state index in [0.29, 0.717) is 29.4 Å². The van der Waals surface area contributed by atoms with Crippen LogP contribution in [0.2, 0.25) is 5.02 Å². The highest BCUT2D eigenvalue weighted by Crippen LogP contribution is 2.20. The van der Waals surface area contributed by atoms with Gasteiger partial charge >= 0.3 is 0 Å². The molecule has 0 aliphatic heterocycles. The number of ether oxygens (including phenoxy) is 1. The van der Waals surface area contributed by atoms with E-state index in [-0.39, 0.29) is 0 Å². The molecule has 2 N–H and O–H groups in total. The molecule has 4 aromatic rings. The molecule has 4 rings (SSSR count). The lowest BCUT2D eigenvalue weighted by atomic mass is 10.1. The van der Waals surface area contributed by atoms with Crippen LogP contribution in [0.1, 0.15) is 17.0 Å². The van der Waals surface area contributed by atoms with E-state index in [2.05, 4.69) is 21.8 Å². The molecule has 0 fully saturated rings. The second-order valence-electron chi connectivity index (χ2n) is 6.89. The van der Waals surface area contributed by atoms with Crippen LogP contribution in [0.3, 0.4) is 0 Å². The first-order valence-electron chi connectivity index (χ1n) is 9.83. The van der Waals surface area contributed by atoms with Crippen LogP contribution in [0.4, 0.5) is 5.69 Å². The molecule has 2 aromatic heterocycles. The van der Waals surface area contributed by atoms with Crippen molar-refractivity contribution < 1.29 is 4.74 Å². The third kappa shape index (κ3) is 5.85. The molecule has 31 heavy (non-hydrogen) atoms. The molecule has 0 spiro atoms. The Balaban J connectivity index is 1.33. The van der Waals surface area contributed by atoms with E-state index in [4.69, 9.17) is 22.1 Å². The quantitative estimate of drug-likeness (QED) is 0.435. The molecule has 0 atom stereocenters. The van der Waals surface area contributed by atoms with Crippen LogP contribution in [0.5, 0.6) is 5.75 Å². The van der Waals surface area contributed by atoms with Crippen molar-refractivity contribution >= 4 is 17.3 Å². The summed E-state index contributed by atoms with van der Waals surface area (Å²) in [6.07, 6.45) is 4.22. The maximum Gasteiger partial charge on any atom is 0.119 e. The zero-order valence-corrected chi connectivity index (χ0v) is 17.5. The Morgan fingerprint density at radius 3 is 2.32 bits per heavy atom. The standard InChI is InChI=1S/C26H20ClN3O/c27-22-7-4-20(5-8-22)21-6-10-24(30-18-21)9-1-19-2-11-26(12-3-19)31-16-14-25-17-23(28)13-15-29-25/h2-8,10-13,15,17-18H,14,16H2,(H2,28,29). The van der Waals surface area contributed by atoms with Gasteiger partial charge in [0.15, 0.2) is 0 Å². The van der Waals surface area contributed by atoms with Crippen LogP contribution >= 0.6 is 11.6 Å². The molecule has 0 saturated heterocycles.